The average Bonchev–Trinajstić information content (AvgIpc) is 2.77. The first kappa shape index (κ1) is 24.2. The van der Waals surface area contributed by atoms with Crippen LogP contribution in [0.4, 0.5) is 0 Å². The molecule has 1 heterocycles. The monoisotopic (exact) mass is 416 g/mol. The van der Waals surface area contributed by atoms with Crippen molar-refractivity contribution in [2.45, 2.75) is 66.0 Å². The van der Waals surface area contributed by atoms with E-state index in [4.69, 9.17) is 9.73 Å². The van der Waals surface area contributed by atoms with E-state index in [0.29, 0.717) is 12.5 Å². The smallest absolute Gasteiger partial charge is 0.253 e. The van der Waals surface area contributed by atoms with E-state index in [0.717, 1.165) is 69.1 Å². The zero-order valence-electron chi connectivity index (χ0n) is 19.2. The summed E-state index contributed by atoms with van der Waals surface area (Å²) in [6, 6.07) is 7.87. The number of nitrogens with zero attached hydrogens (tertiary/aromatic N) is 2. The number of guanidine groups is 1. The lowest BCUT2D eigenvalue weighted by Crippen LogP contribution is -2.39. The number of piperidine rings is 1. The Balaban J connectivity index is 1.88. The minimum Gasteiger partial charge on any atom is -0.378 e. The second kappa shape index (κ2) is 13.3. The number of hydrogen-bond donors (Lipinski definition) is 2. The molecule has 2 N–H and O–H groups in total. The van der Waals surface area contributed by atoms with Crippen molar-refractivity contribution in [2.75, 3.05) is 32.8 Å². The van der Waals surface area contributed by atoms with Gasteiger partial charge in [-0.25, -0.2) is 4.99 Å². The first-order valence-electron chi connectivity index (χ1n) is 11.6. The summed E-state index contributed by atoms with van der Waals surface area (Å²) < 4.78 is 5.82. The molecule has 1 unspecified atom stereocenters. The van der Waals surface area contributed by atoms with Gasteiger partial charge in [-0.15, -0.1) is 0 Å². The lowest BCUT2D eigenvalue weighted by Gasteiger charge is -2.26. The van der Waals surface area contributed by atoms with Crippen LogP contribution in [0.5, 0.6) is 0 Å². The van der Waals surface area contributed by atoms with E-state index in [1.165, 1.54) is 6.42 Å². The number of carbonyl (C=O) groups is 1. The van der Waals surface area contributed by atoms with E-state index in [9.17, 15) is 4.79 Å². The third-order valence-electron chi connectivity index (χ3n) is 5.45. The normalized spacial score (nSPS) is 15.9. The van der Waals surface area contributed by atoms with Crippen molar-refractivity contribution in [1.29, 1.82) is 0 Å². The van der Waals surface area contributed by atoms with Gasteiger partial charge in [0.05, 0.1) is 12.6 Å². The molecule has 168 valence electrons. The van der Waals surface area contributed by atoms with E-state index < -0.39 is 0 Å². The molecule has 0 spiro atoms. The van der Waals surface area contributed by atoms with Crippen LogP contribution in [0, 0.1) is 5.92 Å². The van der Waals surface area contributed by atoms with Crippen LogP contribution in [0.3, 0.4) is 0 Å². The van der Waals surface area contributed by atoms with Crippen LogP contribution >= 0.6 is 0 Å². The second-order valence-corrected chi connectivity index (χ2v) is 8.20. The number of nitrogens with one attached hydrogen (secondary N) is 2. The van der Waals surface area contributed by atoms with E-state index in [1.54, 1.807) is 0 Å². The summed E-state index contributed by atoms with van der Waals surface area (Å²) >= 11 is 0. The summed E-state index contributed by atoms with van der Waals surface area (Å²) in [6.07, 6.45) is 4.66. The number of benzene rings is 1. The van der Waals surface area contributed by atoms with Gasteiger partial charge in [0.25, 0.3) is 5.91 Å². The van der Waals surface area contributed by atoms with Gasteiger partial charge in [0, 0.05) is 38.3 Å². The predicted octanol–water partition coefficient (Wildman–Crippen LogP) is 3.82. The van der Waals surface area contributed by atoms with E-state index in [2.05, 4.69) is 31.4 Å². The quantitative estimate of drug-likeness (QED) is 0.449. The molecule has 1 aromatic rings. The van der Waals surface area contributed by atoms with E-state index in [1.807, 2.05) is 36.1 Å². The Morgan fingerprint density at radius 3 is 2.40 bits per heavy atom. The molecule has 1 aliphatic heterocycles. The maximum atomic E-state index is 12.6. The summed E-state index contributed by atoms with van der Waals surface area (Å²) in [7, 11) is 0. The molecule has 0 radical (unpaired) electrons. The zero-order valence-corrected chi connectivity index (χ0v) is 19.2. The predicted molar refractivity (Wildman–Crippen MR) is 124 cm³/mol. The van der Waals surface area contributed by atoms with E-state index in [-0.39, 0.29) is 12.0 Å². The highest BCUT2D eigenvalue weighted by Crippen LogP contribution is 2.14. The molecule has 1 aliphatic rings. The molecule has 30 heavy (non-hydrogen) atoms. The van der Waals surface area contributed by atoms with Crippen molar-refractivity contribution in [2.24, 2.45) is 10.9 Å². The molecule has 6 nitrogen and oxygen atoms in total. The van der Waals surface area contributed by atoms with Gasteiger partial charge in [-0.2, -0.15) is 0 Å². The van der Waals surface area contributed by atoms with Gasteiger partial charge in [-0.1, -0.05) is 26.0 Å². The van der Waals surface area contributed by atoms with Gasteiger partial charge in [0.1, 0.15) is 0 Å². The number of aliphatic imine (C=N–C) groups is 1. The highest BCUT2D eigenvalue weighted by atomic mass is 16.5. The highest BCUT2D eigenvalue weighted by molar-refractivity contribution is 5.94. The molecule has 1 amide bonds. The molecule has 0 bridgehead atoms. The Kier molecular flexibility index (Phi) is 10.7. The minimum atomic E-state index is 0.147. The largest absolute Gasteiger partial charge is 0.378 e. The van der Waals surface area contributed by atoms with Crippen LogP contribution in [-0.4, -0.2) is 55.7 Å². The number of likely N-dealkylation sites (tertiary alicyclic amines) is 1. The number of ether oxygens (including phenoxy) is 1. The maximum Gasteiger partial charge on any atom is 0.253 e. The molecule has 0 aromatic heterocycles. The Morgan fingerprint density at radius 2 is 1.80 bits per heavy atom. The lowest BCUT2D eigenvalue weighted by molar-refractivity contribution is 0.0258. The van der Waals surface area contributed by atoms with Crippen LogP contribution in [0.25, 0.3) is 0 Å². The van der Waals surface area contributed by atoms with Crippen molar-refractivity contribution >= 4 is 11.9 Å². The standard InChI is InChI=1S/C24H40N4O2/c1-5-25-24(26-15-14-22(19(3)4)30-6-2)27-18-20-10-12-21(13-11-20)23(29)28-16-8-7-9-17-28/h10-13,19,22H,5-9,14-18H2,1-4H3,(H2,25,26,27). The average molecular weight is 417 g/mol. The molecular weight excluding hydrogens is 376 g/mol. The van der Waals surface area contributed by atoms with Crippen molar-refractivity contribution in [3.05, 3.63) is 35.4 Å². The van der Waals surface area contributed by atoms with Crippen molar-refractivity contribution < 1.29 is 9.53 Å². The number of carbonyl (C=O) groups excluding carboxylic acids is 1. The zero-order chi connectivity index (χ0) is 21.8. The van der Waals surface area contributed by atoms with Gasteiger partial charge in [-0.05, 0) is 63.1 Å². The topological polar surface area (TPSA) is 66.0 Å². The molecular formula is C24H40N4O2. The Labute approximate surface area is 182 Å². The molecule has 6 heteroatoms. The van der Waals surface area contributed by atoms with Gasteiger partial charge in [0.2, 0.25) is 0 Å². The number of rotatable bonds is 10. The fourth-order valence-corrected chi connectivity index (χ4v) is 3.70. The molecule has 0 aliphatic carbocycles. The summed E-state index contributed by atoms with van der Waals surface area (Å²) in [5.41, 5.74) is 1.86. The van der Waals surface area contributed by atoms with Crippen molar-refractivity contribution in [1.82, 2.24) is 15.5 Å². The molecule has 1 aromatic carbocycles. The van der Waals surface area contributed by atoms with Gasteiger partial charge in [-0.3, -0.25) is 4.79 Å². The van der Waals surface area contributed by atoms with Crippen molar-refractivity contribution in [3.8, 4) is 0 Å². The summed E-state index contributed by atoms with van der Waals surface area (Å²) in [5.74, 6) is 1.45. The Bertz CT molecular complexity index is 652. The van der Waals surface area contributed by atoms with Crippen molar-refractivity contribution in [3.63, 3.8) is 0 Å². The summed E-state index contributed by atoms with van der Waals surface area (Å²) in [6.45, 7) is 13.2. The molecule has 1 saturated heterocycles. The lowest BCUT2D eigenvalue weighted by atomic mass is 10.0. The van der Waals surface area contributed by atoms with Gasteiger partial charge in [0.15, 0.2) is 5.96 Å². The third-order valence-corrected chi connectivity index (χ3v) is 5.45. The van der Waals surface area contributed by atoms with Crippen LogP contribution in [0.1, 0.15) is 69.3 Å². The fraction of sp³-hybridized carbons (Fsp3) is 0.667. The van der Waals surface area contributed by atoms with Gasteiger partial charge >= 0.3 is 0 Å². The highest BCUT2D eigenvalue weighted by Gasteiger charge is 2.18. The van der Waals surface area contributed by atoms with Crippen LogP contribution in [0.15, 0.2) is 29.3 Å². The Hall–Kier alpha value is -2.08. The number of amides is 1. The van der Waals surface area contributed by atoms with Crippen LogP contribution in [0.2, 0.25) is 0 Å². The maximum absolute atomic E-state index is 12.6. The summed E-state index contributed by atoms with van der Waals surface area (Å²) in [4.78, 5) is 19.3. The first-order valence-corrected chi connectivity index (χ1v) is 11.6. The first-order chi connectivity index (χ1) is 14.5. The SMILES string of the molecule is CCNC(=NCc1ccc(C(=O)N2CCCCC2)cc1)NCCC(OCC)C(C)C. The molecule has 0 saturated carbocycles. The fourth-order valence-electron chi connectivity index (χ4n) is 3.70. The Morgan fingerprint density at radius 1 is 1.10 bits per heavy atom. The van der Waals surface area contributed by atoms with Crippen LogP contribution in [-0.2, 0) is 11.3 Å². The van der Waals surface area contributed by atoms with E-state index >= 15 is 0 Å². The minimum absolute atomic E-state index is 0.147. The van der Waals surface area contributed by atoms with Crippen LogP contribution < -0.4 is 10.6 Å². The molecule has 1 fully saturated rings. The number of hydrogen-bond acceptors (Lipinski definition) is 3. The molecule has 1 atom stereocenters. The summed E-state index contributed by atoms with van der Waals surface area (Å²) in [5, 5.41) is 6.70. The van der Waals surface area contributed by atoms with Gasteiger partial charge < -0.3 is 20.3 Å². The second-order valence-electron chi connectivity index (χ2n) is 8.20. The third kappa shape index (κ3) is 7.98. The molecule has 2 rings (SSSR count).